The van der Waals surface area contributed by atoms with Crippen molar-refractivity contribution in [1.29, 1.82) is 0 Å². The van der Waals surface area contributed by atoms with Gasteiger partial charge in [-0.05, 0) is 68.2 Å². The molecule has 0 unspecified atom stereocenters. The maximum absolute atomic E-state index is 6.12. The van der Waals surface area contributed by atoms with Crippen molar-refractivity contribution >= 4 is 23.2 Å². The zero-order chi connectivity index (χ0) is 11.5. The van der Waals surface area contributed by atoms with Crippen molar-refractivity contribution in [2.24, 2.45) is 5.92 Å². The van der Waals surface area contributed by atoms with Gasteiger partial charge >= 0.3 is 0 Å². The van der Waals surface area contributed by atoms with Crippen LogP contribution in [0.2, 0.25) is 5.02 Å². The number of alkyl halides is 1. The monoisotopic (exact) mass is 256 g/mol. The van der Waals surface area contributed by atoms with Gasteiger partial charge in [0, 0.05) is 10.4 Å². The lowest BCUT2D eigenvalue weighted by molar-refractivity contribution is 0.504. The van der Waals surface area contributed by atoms with Crippen molar-refractivity contribution < 1.29 is 0 Å². The lowest BCUT2D eigenvalue weighted by Gasteiger charge is -2.09. The van der Waals surface area contributed by atoms with E-state index in [0.29, 0.717) is 5.38 Å². The van der Waals surface area contributed by atoms with Gasteiger partial charge in [0.25, 0.3) is 0 Å². The molecule has 1 aromatic rings. The highest BCUT2D eigenvalue weighted by Crippen LogP contribution is 2.32. The van der Waals surface area contributed by atoms with Crippen LogP contribution < -0.4 is 0 Å². The molecule has 0 aromatic heterocycles. The molecular weight excluding hydrogens is 239 g/mol. The van der Waals surface area contributed by atoms with Crippen molar-refractivity contribution in [3.8, 4) is 0 Å². The summed E-state index contributed by atoms with van der Waals surface area (Å²) in [6, 6.07) is 6.33. The van der Waals surface area contributed by atoms with Gasteiger partial charge < -0.3 is 0 Å². The van der Waals surface area contributed by atoms with E-state index in [9.17, 15) is 0 Å². The molecule has 1 aromatic carbocycles. The third kappa shape index (κ3) is 3.40. The van der Waals surface area contributed by atoms with Gasteiger partial charge in [-0.2, -0.15) is 0 Å². The Balaban J connectivity index is 1.89. The molecule has 0 bridgehead atoms. The highest BCUT2D eigenvalue weighted by Gasteiger charge is 2.22. The molecule has 2 rings (SSSR count). The molecule has 0 amide bonds. The molecule has 0 aliphatic heterocycles. The summed E-state index contributed by atoms with van der Waals surface area (Å²) in [7, 11) is 0. The summed E-state index contributed by atoms with van der Waals surface area (Å²) in [4.78, 5) is 0. The van der Waals surface area contributed by atoms with Crippen molar-refractivity contribution in [2.45, 2.75) is 44.4 Å². The molecule has 0 radical (unpaired) electrons. The predicted octanol–water partition coefficient (Wildman–Crippen LogP) is 4.99. The summed E-state index contributed by atoms with van der Waals surface area (Å²) in [5.41, 5.74) is 2.62. The van der Waals surface area contributed by atoms with Gasteiger partial charge in [0.2, 0.25) is 0 Å². The van der Waals surface area contributed by atoms with Crippen LogP contribution in [0.1, 0.15) is 36.8 Å². The number of rotatable bonds is 3. The summed E-state index contributed by atoms with van der Waals surface area (Å²) in [5.74, 6) is 0.821. The molecule has 0 spiro atoms. The molecule has 0 N–H and O–H groups in total. The Bertz CT molecular complexity index is 340. The van der Waals surface area contributed by atoms with E-state index >= 15 is 0 Å². The summed E-state index contributed by atoms with van der Waals surface area (Å²) in [5, 5.41) is 1.28. The molecule has 0 saturated heterocycles. The maximum atomic E-state index is 6.12. The summed E-state index contributed by atoms with van der Waals surface area (Å²) in [6.07, 6.45) is 6.08. The zero-order valence-corrected chi connectivity index (χ0v) is 11.2. The molecule has 16 heavy (non-hydrogen) atoms. The number of hydrogen-bond donors (Lipinski definition) is 0. The predicted molar refractivity (Wildman–Crippen MR) is 71.5 cm³/mol. The minimum Gasteiger partial charge on any atom is -0.123 e. The van der Waals surface area contributed by atoms with Gasteiger partial charge in [0.15, 0.2) is 0 Å². The van der Waals surface area contributed by atoms with E-state index in [1.165, 1.54) is 36.8 Å². The summed E-state index contributed by atoms with van der Waals surface area (Å²) in [6.45, 7) is 2.10. The Morgan fingerprint density at radius 3 is 2.69 bits per heavy atom. The highest BCUT2D eigenvalue weighted by molar-refractivity contribution is 6.30. The molecular formula is C14H18Cl2. The van der Waals surface area contributed by atoms with Crippen LogP contribution in [-0.4, -0.2) is 5.38 Å². The lowest BCUT2D eigenvalue weighted by Crippen LogP contribution is -1.98. The lowest BCUT2D eigenvalue weighted by atomic mass is 9.97. The molecule has 1 aliphatic rings. The number of aryl methyl sites for hydroxylation is 2. The van der Waals surface area contributed by atoms with E-state index in [0.717, 1.165) is 17.4 Å². The number of benzene rings is 1. The molecule has 1 aliphatic carbocycles. The van der Waals surface area contributed by atoms with E-state index in [4.69, 9.17) is 23.2 Å². The fourth-order valence-corrected chi connectivity index (χ4v) is 3.29. The second kappa shape index (κ2) is 5.42. The van der Waals surface area contributed by atoms with Crippen molar-refractivity contribution in [3.05, 3.63) is 34.3 Å². The van der Waals surface area contributed by atoms with Crippen LogP contribution in [0.5, 0.6) is 0 Å². The molecule has 0 nitrogen and oxygen atoms in total. The Morgan fingerprint density at radius 1 is 1.25 bits per heavy atom. The average Bonchev–Trinajstić information content (AvgIpc) is 2.60. The van der Waals surface area contributed by atoms with Crippen LogP contribution in [0.15, 0.2) is 18.2 Å². The molecule has 1 saturated carbocycles. The normalized spacial score (nSPS) is 24.9. The quantitative estimate of drug-likeness (QED) is 0.669. The first kappa shape index (κ1) is 12.3. The largest absolute Gasteiger partial charge is 0.123 e. The van der Waals surface area contributed by atoms with Crippen LogP contribution in [0.4, 0.5) is 0 Å². The standard InChI is InChI=1S/C14H18Cl2/c1-10-6-12(9-14(16)7-10)3-2-11-4-5-13(15)8-11/h6-7,9,11,13H,2-5,8H2,1H3/t11-,13+/m0/s1. The Labute approximate surface area is 108 Å². The SMILES string of the molecule is Cc1cc(Cl)cc(CC[C@H]2CC[C@@H](Cl)C2)c1. The molecule has 88 valence electrons. The molecule has 0 heterocycles. The van der Waals surface area contributed by atoms with Crippen LogP contribution in [0.3, 0.4) is 0 Å². The average molecular weight is 257 g/mol. The van der Waals surface area contributed by atoms with Gasteiger partial charge in [0.05, 0.1) is 0 Å². The number of halogens is 2. The topological polar surface area (TPSA) is 0 Å². The number of hydrogen-bond acceptors (Lipinski definition) is 0. The second-order valence-corrected chi connectivity index (χ2v) is 6.01. The van der Waals surface area contributed by atoms with E-state index in [-0.39, 0.29) is 0 Å². The molecule has 2 atom stereocenters. The fourth-order valence-electron chi connectivity index (χ4n) is 2.60. The third-order valence-corrected chi connectivity index (χ3v) is 4.04. The van der Waals surface area contributed by atoms with Crippen molar-refractivity contribution in [1.82, 2.24) is 0 Å². The molecule has 2 heteroatoms. The minimum atomic E-state index is 0.422. The molecule has 1 fully saturated rings. The van der Waals surface area contributed by atoms with Crippen LogP contribution in [0, 0.1) is 12.8 Å². The maximum Gasteiger partial charge on any atom is 0.0411 e. The van der Waals surface area contributed by atoms with E-state index < -0.39 is 0 Å². The third-order valence-electron chi connectivity index (χ3n) is 3.42. The van der Waals surface area contributed by atoms with Crippen LogP contribution >= 0.6 is 23.2 Å². The summed E-state index contributed by atoms with van der Waals surface area (Å²) >= 11 is 12.2. The van der Waals surface area contributed by atoms with Crippen LogP contribution in [0.25, 0.3) is 0 Å². The smallest absolute Gasteiger partial charge is 0.0411 e. The minimum absolute atomic E-state index is 0.422. The van der Waals surface area contributed by atoms with Gasteiger partial charge in [-0.1, -0.05) is 17.7 Å². The second-order valence-electron chi connectivity index (χ2n) is 4.95. The van der Waals surface area contributed by atoms with E-state index in [2.05, 4.69) is 19.1 Å². The van der Waals surface area contributed by atoms with Gasteiger partial charge in [-0.15, -0.1) is 11.6 Å². The Kier molecular flexibility index (Phi) is 4.16. The zero-order valence-electron chi connectivity index (χ0n) is 9.68. The van der Waals surface area contributed by atoms with Crippen molar-refractivity contribution in [3.63, 3.8) is 0 Å². The van der Waals surface area contributed by atoms with E-state index in [1.54, 1.807) is 0 Å². The van der Waals surface area contributed by atoms with Crippen molar-refractivity contribution in [2.75, 3.05) is 0 Å². The summed E-state index contributed by atoms with van der Waals surface area (Å²) < 4.78 is 0. The highest BCUT2D eigenvalue weighted by atomic mass is 35.5. The first-order valence-electron chi connectivity index (χ1n) is 6.03. The van der Waals surface area contributed by atoms with Gasteiger partial charge in [-0.25, -0.2) is 0 Å². The van der Waals surface area contributed by atoms with Gasteiger partial charge in [-0.3, -0.25) is 0 Å². The fraction of sp³-hybridized carbons (Fsp3) is 0.571. The Morgan fingerprint density at radius 2 is 2.06 bits per heavy atom. The Hall–Kier alpha value is -0.200. The van der Waals surface area contributed by atoms with E-state index in [1.807, 2.05) is 6.07 Å². The van der Waals surface area contributed by atoms with Gasteiger partial charge in [0.1, 0.15) is 0 Å². The first-order chi connectivity index (χ1) is 7.63. The van der Waals surface area contributed by atoms with Crippen LogP contribution in [-0.2, 0) is 6.42 Å². The first-order valence-corrected chi connectivity index (χ1v) is 6.85.